The van der Waals surface area contributed by atoms with Gasteiger partial charge in [0, 0.05) is 6.04 Å². The van der Waals surface area contributed by atoms with Crippen molar-refractivity contribution < 1.29 is 0 Å². The first-order chi connectivity index (χ1) is 5.55. The van der Waals surface area contributed by atoms with Gasteiger partial charge in [0.25, 0.3) is 0 Å². The van der Waals surface area contributed by atoms with Crippen LogP contribution in [0.1, 0.15) is 40.0 Å². The smallest absolute Gasteiger partial charge is 0.0325 e. The van der Waals surface area contributed by atoms with E-state index in [0.29, 0.717) is 11.5 Å². The standard InChI is InChI=1S/C11H21N/c1-11(2,3)10(12-4)9-7-5-6-8-9/h7,10,12H,5-6,8H2,1-4H3. The minimum Gasteiger partial charge on any atom is -0.313 e. The molecule has 0 aromatic heterocycles. The van der Waals surface area contributed by atoms with Gasteiger partial charge >= 0.3 is 0 Å². The summed E-state index contributed by atoms with van der Waals surface area (Å²) in [4.78, 5) is 0. The van der Waals surface area contributed by atoms with E-state index in [1.54, 1.807) is 5.57 Å². The highest BCUT2D eigenvalue weighted by Gasteiger charge is 2.27. The quantitative estimate of drug-likeness (QED) is 0.624. The van der Waals surface area contributed by atoms with Crippen molar-refractivity contribution in [3.63, 3.8) is 0 Å². The summed E-state index contributed by atoms with van der Waals surface area (Å²) in [5, 5.41) is 3.42. The Kier molecular flexibility index (Phi) is 2.94. The topological polar surface area (TPSA) is 12.0 Å². The highest BCUT2D eigenvalue weighted by atomic mass is 14.9. The highest BCUT2D eigenvalue weighted by molar-refractivity contribution is 5.17. The van der Waals surface area contributed by atoms with Gasteiger partial charge in [0.2, 0.25) is 0 Å². The SMILES string of the molecule is CNC(C1=CCCC1)C(C)(C)C. The van der Waals surface area contributed by atoms with Gasteiger partial charge in [-0.1, -0.05) is 32.4 Å². The van der Waals surface area contributed by atoms with E-state index < -0.39 is 0 Å². The first-order valence-electron chi connectivity index (χ1n) is 4.92. The molecular formula is C11H21N. The minimum atomic E-state index is 0.352. The fourth-order valence-corrected chi connectivity index (χ4v) is 2.13. The van der Waals surface area contributed by atoms with Crippen molar-refractivity contribution in [1.82, 2.24) is 5.32 Å². The van der Waals surface area contributed by atoms with Crippen molar-refractivity contribution in [2.24, 2.45) is 5.41 Å². The van der Waals surface area contributed by atoms with E-state index in [2.05, 4.69) is 39.2 Å². The molecule has 1 nitrogen and oxygen atoms in total. The van der Waals surface area contributed by atoms with Crippen LogP contribution in [-0.2, 0) is 0 Å². The third-order valence-electron chi connectivity index (χ3n) is 2.60. The van der Waals surface area contributed by atoms with E-state index in [1.807, 2.05) is 0 Å². The average molecular weight is 167 g/mol. The Hall–Kier alpha value is -0.300. The predicted octanol–water partition coefficient (Wildman–Crippen LogP) is 2.73. The molecule has 1 heteroatoms. The lowest BCUT2D eigenvalue weighted by Gasteiger charge is -2.31. The molecule has 0 amide bonds. The third kappa shape index (κ3) is 2.10. The number of hydrogen-bond donors (Lipinski definition) is 1. The number of likely N-dealkylation sites (N-methyl/N-ethyl adjacent to an activating group) is 1. The number of rotatable bonds is 2. The van der Waals surface area contributed by atoms with Crippen LogP contribution in [0.3, 0.4) is 0 Å². The first kappa shape index (κ1) is 9.79. The van der Waals surface area contributed by atoms with Crippen LogP contribution in [0.5, 0.6) is 0 Å². The van der Waals surface area contributed by atoms with Gasteiger partial charge in [0.05, 0.1) is 0 Å². The fourth-order valence-electron chi connectivity index (χ4n) is 2.13. The van der Waals surface area contributed by atoms with Gasteiger partial charge in [-0.3, -0.25) is 0 Å². The molecule has 0 bridgehead atoms. The van der Waals surface area contributed by atoms with Gasteiger partial charge in [-0.05, 0) is 31.7 Å². The monoisotopic (exact) mass is 167 g/mol. The van der Waals surface area contributed by atoms with Gasteiger partial charge < -0.3 is 5.32 Å². The summed E-state index contributed by atoms with van der Waals surface area (Å²) in [6.45, 7) is 6.90. The fraction of sp³-hybridized carbons (Fsp3) is 0.818. The Bertz CT molecular complexity index is 174. The zero-order chi connectivity index (χ0) is 9.19. The average Bonchev–Trinajstić information content (AvgIpc) is 2.38. The van der Waals surface area contributed by atoms with E-state index in [-0.39, 0.29) is 0 Å². The van der Waals surface area contributed by atoms with Crippen LogP contribution in [-0.4, -0.2) is 13.1 Å². The molecule has 0 aromatic carbocycles. The molecule has 0 saturated carbocycles. The van der Waals surface area contributed by atoms with Crippen molar-refractivity contribution in [3.05, 3.63) is 11.6 Å². The normalized spacial score (nSPS) is 20.8. The van der Waals surface area contributed by atoms with Crippen molar-refractivity contribution in [3.8, 4) is 0 Å². The van der Waals surface area contributed by atoms with E-state index in [9.17, 15) is 0 Å². The summed E-state index contributed by atoms with van der Waals surface area (Å²) >= 11 is 0. The molecule has 1 aliphatic carbocycles. The van der Waals surface area contributed by atoms with E-state index in [4.69, 9.17) is 0 Å². The van der Waals surface area contributed by atoms with Crippen molar-refractivity contribution in [1.29, 1.82) is 0 Å². The molecule has 70 valence electrons. The summed E-state index contributed by atoms with van der Waals surface area (Å²) in [7, 11) is 2.06. The second-order valence-corrected chi connectivity index (χ2v) is 4.76. The van der Waals surface area contributed by atoms with Crippen LogP contribution in [0.4, 0.5) is 0 Å². The summed E-state index contributed by atoms with van der Waals surface area (Å²) in [5.74, 6) is 0. The van der Waals surface area contributed by atoms with Crippen LogP contribution >= 0.6 is 0 Å². The Balaban J connectivity index is 2.68. The van der Waals surface area contributed by atoms with Crippen LogP contribution in [0.2, 0.25) is 0 Å². The molecule has 1 atom stereocenters. The van der Waals surface area contributed by atoms with Crippen molar-refractivity contribution in [2.75, 3.05) is 7.05 Å². The predicted molar refractivity (Wildman–Crippen MR) is 54.2 cm³/mol. The molecule has 1 aliphatic rings. The molecule has 0 heterocycles. The van der Waals surface area contributed by atoms with Crippen molar-refractivity contribution >= 4 is 0 Å². The molecule has 12 heavy (non-hydrogen) atoms. The molecule has 1 unspecified atom stereocenters. The third-order valence-corrected chi connectivity index (χ3v) is 2.60. The molecule has 0 aliphatic heterocycles. The molecule has 1 rings (SSSR count). The van der Waals surface area contributed by atoms with Crippen LogP contribution in [0.15, 0.2) is 11.6 Å². The largest absolute Gasteiger partial charge is 0.313 e. The van der Waals surface area contributed by atoms with Gasteiger partial charge in [-0.2, -0.15) is 0 Å². The highest BCUT2D eigenvalue weighted by Crippen LogP contribution is 2.31. The lowest BCUT2D eigenvalue weighted by molar-refractivity contribution is 0.312. The maximum absolute atomic E-state index is 3.42. The molecule has 0 fully saturated rings. The molecule has 1 N–H and O–H groups in total. The summed E-state index contributed by atoms with van der Waals surface area (Å²) in [6, 6.07) is 0.569. The minimum absolute atomic E-state index is 0.352. The van der Waals surface area contributed by atoms with Gasteiger partial charge in [-0.15, -0.1) is 0 Å². The van der Waals surface area contributed by atoms with E-state index >= 15 is 0 Å². The summed E-state index contributed by atoms with van der Waals surface area (Å²) in [6.07, 6.45) is 6.34. The number of hydrogen-bond acceptors (Lipinski definition) is 1. The first-order valence-corrected chi connectivity index (χ1v) is 4.92. The van der Waals surface area contributed by atoms with Crippen LogP contribution in [0, 0.1) is 5.41 Å². The lowest BCUT2D eigenvalue weighted by Crippen LogP contribution is -2.39. The molecule has 0 radical (unpaired) electrons. The summed E-state index contributed by atoms with van der Waals surface area (Å²) in [5.41, 5.74) is 1.97. The van der Waals surface area contributed by atoms with Crippen LogP contribution < -0.4 is 5.32 Å². The molecule has 0 aromatic rings. The van der Waals surface area contributed by atoms with Crippen LogP contribution in [0.25, 0.3) is 0 Å². The van der Waals surface area contributed by atoms with Crippen molar-refractivity contribution in [2.45, 2.75) is 46.1 Å². The molecule has 0 spiro atoms. The van der Waals surface area contributed by atoms with E-state index in [1.165, 1.54) is 19.3 Å². The Morgan fingerprint density at radius 1 is 1.42 bits per heavy atom. The Morgan fingerprint density at radius 3 is 2.42 bits per heavy atom. The zero-order valence-electron chi connectivity index (χ0n) is 8.78. The molecular weight excluding hydrogens is 146 g/mol. The lowest BCUT2D eigenvalue weighted by atomic mass is 9.82. The Labute approximate surface area is 76.2 Å². The van der Waals surface area contributed by atoms with Gasteiger partial charge in [0.15, 0.2) is 0 Å². The maximum atomic E-state index is 3.42. The van der Waals surface area contributed by atoms with E-state index in [0.717, 1.165) is 0 Å². The maximum Gasteiger partial charge on any atom is 0.0325 e. The second-order valence-electron chi connectivity index (χ2n) is 4.76. The summed E-state index contributed by atoms with van der Waals surface area (Å²) < 4.78 is 0. The Morgan fingerprint density at radius 2 is 2.08 bits per heavy atom. The van der Waals surface area contributed by atoms with Gasteiger partial charge in [-0.25, -0.2) is 0 Å². The van der Waals surface area contributed by atoms with Gasteiger partial charge in [0.1, 0.15) is 0 Å². The zero-order valence-corrected chi connectivity index (χ0v) is 8.78. The number of nitrogens with one attached hydrogen (secondary N) is 1. The second kappa shape index (κ2) is 3.61. The number of allylic oxidation sites excluding steroid dienone is 1. The molecule has 0 saturated heterocycles.